The molecule has 1 aromatic heterocycles. The summed E-state index contributed by atoms with van der Waals surface area (Å²) >= 11 is 1.36. The van der Waals surface area contributed by atoms with Crippen LogP contribution in [0.3, 0.4) is 0 Å². The van der Waals surface area contributed by atoms with Crippen LogP contribution < -0.4 is 14.9 Å². The number of nitrogens with zero attached hydrogens (tertiary/aromatic N) is 2. The van der Waals surface area contributed by atoms with Crippen LogP contribution in [0.5, 0.6) is 5.75 Å². The fourth-order valence-electron chi connectivity index (χ4n) is 2.11. The van der Waals surface area contributed by atoms with Gasteiger partial charge in [0.25, 0.3) is 5.91 Å². The van der Waals surface area contributed by atoms with E-state index in [-0.39, 0.29) is 18.4 Å². The van der Waals surface area contributed by atoms with Crippen LogP contribution in [0.2, 0.25) is 0 Å². The first-order valence-electron chi connectivity index (χ1n) is 7.69. The molecule has 0 bridgehead atoms. The normalized spacial score (nSPS) is 11.4. The first-order valence-corrected chi connectivity index (χ1v) is 8.50. The predicted octanol–water partition coefficient (Wildman–Crippen LogP) is 1.37. The molecule has 0 aliphatic carbocycles. The third kappa shape index (κ3) is 5.54. The molecule has 2 rings (SSSR count). The molecule has 0 radical (unpaired) electrons. The number of hydrogen-bond donors (Lipinski definition) is 1. The Hall–Kier alpha value is -2.45. The van der Waals surface area contributed by atoms with Gasteiger partial charge in [0.1, 0.15) is 12.3 Å². The van der Waals surface area contributed by atoms with Gasteiger partial charge in [-0.1, -0.05) is 6.07 Å². The lowest BCUT2D eigenvalue weighted by Crippen LogP contribution is -2.32. The van der Waals surface area contributed by atoms with E-state index in [1.54, 1.807) is 49.2 Å². The standard InChI is InChI=1S/C17H21N3O4S/c1-12-10-20(11-15(21)18-7-8-23-2)17(25-12)19-16(22)13-5-4-6-14(9-13)24-3/h4-6,9-10H,7-8,11H2,1-3H3,(H,18,21). The fraction of sp³-hybridized carbons (Fsp3) is 0.353. The van der Waals surface area contributed by atoms with Gasteiger partial charge in [-0.05, 0) is 25.1 Å². The summed E-state index contributed by atoms with van der Waals surface area (Å²) < 4.78 is 11.7. The van der Waals surface area contributed by atoms with Crippen molar-refractivity contribution in [3.05, 3.63) is 45.7 Å². The van der Waals surface area contributed by atoms with Crippen LogP contribution in [-0.2, 0) is 16.1 Å². The zero-order valence-electron chi connectivity index (χ0n) is 14.4. The number of thiazole rings is 1. The SMILES string of the molecule is COCCNC(=O)Cn1cc(C)sc1=NC(=O)c1cccc(OC)c1. The van der Waals surface area contributed by atoms with E-state index in [2.05, 4.69) is 10.3 Å². The molecule has 134 valence electrons. The van der Waals surface area contributed by atoms with Gasteiger partial charge in [-0.2, -0.15) is 4.99 Å². The highest BCUT2D eigenvalue weighted by Gasteiger charge is 2.09. The molecule has 0 unspecified atom stereocenters. The average Bonchev–Trinajstić information content (AvgIpc) is 2.94. The Morgan fingerprint density at radius 2 is 2.12 bits per heavy atom. The summed E-state index contributed by atoms with van der Waals surface area (Å²) in [6.07, 6.45) is 1.80. The van der Waals surface area contributed by atoms with E-state index < -0.39 is 0 Å². The minimum absolute atomic E-state index is 0.0955. The molecule has 8 heteroatoms. The van der Waals surface area contributed by atoms with Crippen LogP contribution in [0.4, 0.5) is 0 Å². The number of carbonyl (C=O) groups excluding carboxylic acids is 2. The molecular weight excluding hydrogens is 342 g/mol. The van der Waals surface area contributed by atoms with Crippen molar-refractivity contribution in [3.8, 4) is 5.75 Å². The van der Waals surface area contributed by atoms with Crippen molar-refractivity contribution in [2.24, 2.45) is 4.99 Å². The van der Waals surface area contributed by atoms with Gasteiger partial charge in [-0.3, -0.25) is 9.59 Å². The smallest absolute Gasteiger partial charge is 0.279 e. The summed E-state index contributed by atoms with van der Waals surface area (Å²) in [5.41, 5.74) is 0.432. The quantitative estimate of drug-likeness (QED) is 0.754. The minimum Gasteiger partial charge on any atom is -0.497 e. The number of ether oxygens (including phenoxy) is 2. The maximum Gasteiger partial charge on any atom is 0.279 e. The van der Waals surface area contributed by atoms with Crippen molar-refractivity contribution in [3.63, 3.8) is 0 Å². The molecule has 1 heterocycles. The molecule has 1 N–H and O–H groups in total. The van der Waals surface area contributed by atoms with Gasteiger partial charge in [0.05, 0.1) is 13.7 Å². The van der Waals surface area contributed by atoms with Crippen LogP contribution >= 0.6 is 11.3 Å². The Morgan fingerprint density at radius 3 is 2.84 bits per heavy atom. The summed E-state index contributed by atoms with van der Waals surface area (Å²) in [6.45, 7) is 2.89. The Morgan fingerprint density at radius 1 is 1.32 bits per heavy atom. The van der Waals surface area contributed by atoms with Gasteiger partial charge in [0.2, 0.25) is 5.91 Å². The van der Waals surface area contributed by atoms with E-state index in [1.165, 1.54) is 11.3 Å². The third-order valence-corrected chi connectivity index (χ3v) is 4.23. The number of nitrogens with one attached hydrogen (secondary N) is 1. The van der Waals surface area contributed by atoms with E-state index >= 15 is 0 Å². The van der Waals surface area contributed by atoms with E-state index in [0.29, 0.717) is 29.3 Å². The van der Waals surface area contributed by atoms with Crippen LogP contribution in [0.15, 0.2) is 35.5 Å². The molecule has 0 saturated carbocycles. The zero-order chi connectivity index (χ0) is 18.2. The van der Waals surface area contributed by atoms with Gasteiger partial charge >= 0.3 is 0 Å². The Bertz CT molecular complexity index is 810. The first kappa shape index (κ1) is 18.9. The molecule has 0 aliphatic heterocycles. The molecule has 25 heavy (non-hydrogen) atoms. The highest BCUT2D eigenvalue weighted by Crippen LogP contribution is 2.13. The number of benzene rings is 1. The highest BCUT2D eigenvalue weighted by atomic mass is 32.1. The Labute approximate surface area is 149 Å². The fourth-order valence-corrected chi connectivity index (χ4v) is 2.95. The summed E-state index contributed by atoms with van der Waals surface area (Å²) in [4.78, 5) is 30.0. The molecule has 0 spiro atoms. The maximum atomic E-state index is 12.4. The molecule has 2 amide bonds. The van der Waals surface area contributed by atoms with E-state index in [9.17, 15) is 9.59 Å². The summed E-state index contributed by atoms with van der Waals surface area (Å²) in [5.74, 6) is 0.0493. The number of methoxy groups -OCH3 is 2. The van der Waals surface area contributed by atoms with Crippen molar-refractivity contribution in [2.45, 2.75) is 13.5 Å². The first-order chi connectivity index (χ1) is 12.0. The van der Waals surface area contributed by atoms with E-state index in [1.807, 2.05) is 6.92 Å². The van der Waals surface area contributed by atoms with Crippen LogP contribution in [0.25, 0.3) is 0 Å². The van der Waals surface area contributed by atoms with Gasteiger partial charge < -0.3 is 19.4 Å². The lowest BCUT2D eigenvalue weighted by atomic mass is 10.2. The Kier molecular flexibility index (Phi) is 6.91. The lowest BCUT2D eigenvalue weighted by molar-refractivity contribution is -0.121. The summed E-state index contributed by atoms with van der Waals surface area (Å²) in [7, 11) is 3.11. The van der Waals surface area contributed by atoms with Crippen molar-refractivity contribution in [1.29, 1.82) is 0 Å². The second-order valence-electron chi connectivity index (χ2n) is 5.24. The monoisotopic (exact) mass is 363 g/mol. The van der Waals surface area contributed by atoms with Crippen molar-refractivity contribution >= 4 is 23.2 Å². The molecule has 7 nitrogen and oxygen atoms in total. The summed E-state index contributed by atoms with van der Waals surface area (Å²) in [6, 6.07) is 6.81. The highest BCUT2D eigenvalue weighted by molar-refractivity contribution is 7.09. The Balaban J connectivity index is 2.19. The second kappa shape index (κ2) is 9.14. The molecule has 2 aromatic rings. The molecular formula is C17H21N3O4S. The number of aryl methyl sites for hydroxylation is 1. The zero-order valence-corrected chi connectivity index (χ0v) is 15.3. The number of amides is 2. The second-order valence-corrected chi connectivity index (χ2v) is 6.46. The maximum absolute atomic E-state index is 12.4. The van der Waals surface area contributed by atoms with Crippen molar-refractivity contribution in [1.82, 2.24) is 9.88 Å². The van der Waals surface area contributed by atoms with E-state index in [0.717, 1.165) is 4.88 Å². The molecule has 1 aromatic carbocycles. The lowest BCUT2D eigenvalue weighted by Gasteiger charge is -2.05. The average molecular weight is 363 g/mol. The number of aromatic nitrogens is 1. The van der Waals surface area contributed by atoms with Gasteiger partial charge in [0, 0.05) is 30.3 Å². The molecule has 0 atom stereocenters. The number of rotatable bonds is 7. The molecule has 0 fully saturated rings. The van der Waals surface area contributed by atoms with Crippen molar-refractivity contribution < 1.29 is 19.1 Å². The van der Waals surface area contributed by atoms with Crippen LogP contribution in [-0.4, -0.2) is 43.8 Å². The number of hydrogen-bond acceptors (Lipinski definition) is 5. The van der Waals surface area contributed by atoms with E-state index in [4.69, 9.17) is 9.47 Å². The van der Waals surface area contributed by atoms with Crippen molar-refractivity contribution in [2.75, 3.05) is 27.4 Å². The minimum atomic E-state index is -0.380. The molecule has 0 saturated heterocycles. The topological polar surface area (TPSA) is 81.9 Å². The largest absolute Gasteiger partial charge is 0.497 e. The van der Waals surface area contributed by atoms with Gasteiger partial charge in [-0.25, -0.2) is 0 Å². The van der Waals surface area contributed by atoms with Gasteiger partial charge in [-0.15, -0.1) is 11.3 Å². The third-order valence-electron chi connectivity index (χ3n) is 3.29. The van der Waals surface area contributed by atoms with Gasteiger partial charge in [0.15, 0.2) is 4.80 Å². The molecule has 0 aliphatic rings. The predicted molar refractivity (Wildman–Crippen MR) is 94.8 cm³/mol. The summed E-state index contributed by atoms with van der Waals surface area (Å²) in [5, 5.41) is 2.75. The van der Waals surface area contributed by atoms with Crippen LogP contribution in [0, 0.1) is 6.92 Å². The van der Waals surface area contributed by atoms with Crippen LogP contribution in [0.1, 0.15) is 15.2 Å². The number of carbonyl (C=O) groups is 2.